The van der Waals surface area contributed by atoms with Crippen molar-refractivity contribution in [1.29, 1.82) is 0 Å². The number of hydrogen-bond donors (Lipinski definition) is 1. The van der Waals surface area contributed by atoms with Crippen LogP contribution in [0.5, 0.6) is 5.75 Å². The molecule has 2 rings (SSSR count). The van der Waals surface area contributed by atoms with Crippen molar-refractivity contribution in [3.63, 3.8) is 0 Å². The van der Waals surface area contributed by atoms with E-state index in [1.807, 2.05) is 32.0 Å². The van der Waals surface area contributed by atoms with Gasteiger partial charge in [-0.25, -0.2) is 4.39 Å². The number of aliphatic hydroxyl groups excluding tert-OH is 1. The highest BCUT2D eigenvalue weighted by Crippen LogP contribution is 2.23. The summed E-state index contributed by atoms with van der Waals surface area (Å²) in [6.07, 6.45) is -0.683. The molecule has 0 amide bonds. The highest BCUT2D eigenvalue weighted by molar-refractivity contribution is 5.33. The fourth-order valence-electron chi connectivity index (χ4n) is 2.01. The molecule has 2 aromatic rings. The highest BCUT2D eigenvalue weighted by Gasteiger charge is 2.09. The lowest BCUT2D eigenvalue weighted by Crippen LogP contribution is -2.01. The van der Waals surface area contributed by atoms with E-state index in [1.165, 1.54) is 6.07 Å². The zero-order chi connectivity index (χ0) is 14.7. The molecule has 0 radical (unpaired) electrons. The van der Waals surface area contributed by atoms with Crippen molar-refractivity contribution in [3.8, 4) is 5.75 Å². The molecular weight excluding hydrogens is 255 g/mol. The second-order valence-electron chi connectivity index (χ2n) is 5.08. The van der Waals surface area contributed by atoms with Crippen LogP contribution in [-0.2, 0) is 6.61 Å². The highest BCUT2D eigenvalue weighted by atomic mass is 19.1. The minimum atomic E-state index is -0.683. The number of benzene rings is 2. The van der Waals surface area contributed by atoms with E-state index < -0.39 is 11.9 Å². The summed E-state index contributed by atoms with van der Waals surface area (Å²) >= 11 is 0. The molecule has 0 saturated carbocycles. The summed E-state index contributed by atoms with van der Waals surface area (Å²) in [6, 6.07) is 10.6. The average Bonchev–Trinajstić information content (AvgIpc) is 2.40. The van der Waals surface area contributed by atoms with Crippen LogP contribution in [0.3, 0.4) is 0 Å². The van der Waals surface area contributed by atoms with Crippen molar-refractivity contribution in [1.82, 2.24) is 0 Å². The predicted molar refractivity (Wildman–Crippen MR) is 77.3 cm³/mol. The molecule has 1 unspecified atom stereocenters. The van der Waals surface area contributed by atoms with Crippen molar-refractivity contribution in [2.75, 3.05) is 0 Å². The molecule has 2 nitrogen and oxygen atoms in total. The van der Waals surface area contributed by atoms with E-state index in [9.17, 15) is 9.50 Å². The van der Waals surface area contributed by atoms with Crippen molar-refractivity contribution < 1.29 is 14.2 Å². The Morgan fingerprint density at radius 3 is 2.55 bits per heavy atom. The fourth-order valence-corrected chi connectivity index (χ4v) is 2.01. The van der Waals surface area contributed by atoms with Crippen LogP contribution in [0.4, 0.5) is 4.39 Å². The van der Waals surface area contributed by atoms with E-state index >= 15 is 0 Å². The summed E-state index contributed by atoms with van der Waals surface area (Å²) in [5.41, 5.74) is 3.86. The van der Waals surface area contributed by atoms with E-state index in [-0.39, 0.29) is 5.75 Å². The van der Waals surface area contributed by atoms with Crippen molar-refractivity contribution in [2.45, 2.75) is 33.5 Å². The molecule has 0 aromatic heterocycles. The maximum Gasteiger partial charge on any atom is 0.165 e. The van der Waals surface area contributed by atoms with Crippen molar-refractivity contribution in [2.24, 2.45) is 0 Å². The first-order valence-corrected chi connectivity index (χ1v) is 6.64. The monoisotopic (exact) mass is 274 g/mol. The number of aliphatic hydroxyl groups is 1. The molecule has 1 N–H and O–H groups in total. The van der Waals surface area contributed by atoms with E-state index in [2.05, 4.69) is 0 Å². The summed E-state index contributed by atoms with van der Waals surface area (Å²) in [4.78, 5) is 0. The number of rotatable bonds is 4. The third-order valence-corrected chi connectivity index (χ3v) is 3.33. The number of hydrogen-bond acceptors (Lipinski definition) is 2. The Hall–Kier alpha value is -1.87. The molecule has 0 saturated heterocycles. The molecule has 0 heterocycles. The van der Waals surface area contributed by atoms with Crippen molar-refractivity contribution >= 4 is 0 Å². The average molecular weight is 274 g/mol. The first kappa shape index (κ1) is 14.5. The van der Waals surface area contributed by atoms with Gasteiger partial charge in [-0.2, -0.15) is 0 Å². The maximum absolute atomic E-state index is 13.9. The van der Waals surface area contributed by atoms with Gasteiger partial charge in [-0.05, 0) is 49.6 Å². The smallest absolute Gasteiger partial charge is 0.165 e. The van der Waals surface area contributed by atoms with Gasteiger partial charge in [0.25, 0.3) is 0 Å². The molecule has 106 valence electrons. The SMILES string of the molecule is Cc1ccc(C)c(COc2ccc(C(C)O)cc2F)c1. The van der Waals surface area contributed by atoms with Crippen LogP contribution in [-0.4, -0.2) is 5.11 Å². The molecule has 0 fully saturated rings. The van der Waals surface area contributed by atoms with Gasteiger partial charge in [0.2, 0.25) is 0 Å². The van der Waals surface area contributed by atoms with E-state index in [1.54, 1.807) is 19.1 Å². The first-order chi connectivity index (χ1) is 9.47. The molecule has 0 aliphatic rings. The number of aryl methyl sites for hydroxylation is 2. The van der Waals surface area contributed by atoms with Crippen molar-refractivity contribution in [3.05, 3.63) is 64.5 Å². The Kier molecular flexibility index (Phi) is 4.40. The zero-order valence-electron chi connectivity index (χ0n) is 12.0. The van der Waals surface area contributed by atoms with Gasteiger partial charge in [-0.1, -0.05) is 29.8 Å². The minimum Gasteiger partial charge on any atom is -0.486 e. The lowest BCUT2D eigenvalue weighted by molar-refractivity contribution is 0.198. The largest absolute Gasteiger partial charge is 0.486 e. The quantitative estimate of drug-likeness (QED) is 0.910. The Balaban J connectivity index is 2.13. The number of halogens is 1. The molecular formula is C17H19FO2. The minimum absolute atomic E-state index is 0.204. The van der Waals surface area contributed by atoms with Crippen LogP contribution in [0.2, 0.25) is 0 Å². The molecule has 2 aromatic carbocycles. The van der Waals surface area contributed by atoms with Crippen LogP contribution in [0, 0.1) is 19.7 Å². The Labute approximate surface area is 118 Å². The van der Waals surface area contributed by atoms with Crippen LogP contribution in [0.25, 0.3) is 0 Å². The summed E-state index contributed by atoms with van der Waals surface area (Å²) in [6.45, 7) is 5.95. The van der Waals surface area contributed by atoms with Gasteiger partial charge in [-0.3, -0.25) is 0 Å². The normalized spacial score (nSPS) is 12.2. The summed E-state index contributed by atoms with van der Waals surface area (Å²) in [5.74, 6) is -0.246. The van der Waals surface area contributed by atoms with Gasteiger partial charge in [0, 0.05) is 0 Å². The van der Waals surface area contributed by atoms with Gasteiger partial charge in [-0.15, -0.1) is 0 Å². The van der Waals surface area contributed by atoms with Gasteiger partial charge in [0.1, 0.15) is 6.61 Å². The molecule has 0 bridgehead atoms. The molecule has 1 atom stereocenters. The Morgan fingerprint density at radius 1 is 1.15 bits per heavy atom. The third kappa shape index (κ3) is 3.36. The van der Waals surface area contributed by atoms with Crippen LogP contribution in [0.1, 0.15) is 35.3 Å². The zero-order valence-corrected chi connectivity index (χ0v) is 12.0. The third-order valence-electron chi connectivity index (χ3n) is 3.33. The predicted octanol–water partition coefficient (Wildman–Crippen LogP) is 4.07. The maximum atomic E-state index is 13.9. The summed E-state index contributed by atoms with van der Waals surface area (Å²) in [5, 5.41) is 9.41. The van der Waals surface area contributed by atoms with E-state index in [0.717, 1.165) is 16.7 Å². The Morgan fingerprint density at radius 2 is 1.90 bits per heavy atom. The molecule has 0 aliphatic heterocycles. The van der Waals surface area contributed by atoms with E-state index in [0.29, 0.717) is 12.2 Å². The lowest BCUT2D eigenvalue weighted by atomic mass is 10.1. The lowest BCUT2D eigenvalue weighted by Gasteiger charge is -2.12. The van der Waals surface area contributed by atoms with Crippen LogP contribution in [0.15, 0.2) is 36.4 Å². The second-order valence-corrected chi connectivity index (χ2v) is 5.08. The molecule has 3 heteroatoms. The van der Waals surface area contributed by atoms with Gasteiger partial charge >= 0.3 is 0 Å². The standard InChI is InChI=1S/C17H19FO2/c1-11-4-5-12(2)15(8-11)10-20-17-7-6-14(13(3)19)9-16(17)18/h4-9,13,19H,10H2,1-3H3. The van der Waals surface area contributed by atoms with E-state index in [4.69, 9.17) is 4.74 Å². The van der Waals surface area contributed by atoms with Crippen LogP contribution < -0.4 is 4.74 Å². The summed E-state index contributed by atoms with van der Waals surface area (Å²) < 4.78 is 19.4. The molecule has 0 aliphatic carbocycles. The summed E-state index contributed by atoms with van der Waals surface area (Å²) in [7, 11) is 0. The van der Waals surface area contributed by atoms with Gasteiger partial charge in [0.05, 0.1) is 6.10 Å². The topological polar surface area (TPSA) is 29.5 Å². The Bertz CT molecular complexity index is 606. The first-order valence-electron chi connectivity index (χ1n) is 6.64. The van der Waals surface area contributed by atoms with Gasteiger partial charge in [0.15, 0.2) is 11.6 Å². The fraction of sp³-hybridized carbons (Fsp3) is 0.294. The number of ether oxygens (including phenoxy) is 1. The van der Waals surface area contributed by atoms with Gasteiger partial charge < -0.3 is 9.84 Å². The molecule has 0 spiro atoms. The molecule has 20 heavy (non-hydrogen) atoms. The van der Waals surface area contributed by atoms with Crippen LogP contribution >= 0.6 is 0 Å². The second kappa shape index (κ2) is 6.06.